The summed E-state index contributed by atoms with van der Waals surface area (Å²) in [7, 11) is 0. The Morgan fingerprint density at radius 3 is 2.26 bits per heavy atom. The number of Topliss-reactive ketones (excluding diaryl/α,β-unsaturated/α-hetero) is 3. The number of carbonyl (C=O) groups is 3. The summed E-state index contributed by atoms with van der Waals surface area (Å²) < 4.78 is 0. The van der Waals surface area contributed by atoms with Gasteiger partial charge in [0.25, 0.3) is 0 Å². The van der Waals surface area contributed by atoms with Crippen LogP contribution in [0.3, 0.4) is 0 Å². The SMILES string of the molecule is CC(=O)C1=C(O)[C@]2(O)C(=O)C3=C(O)c4c(O)ccc(-c5ccc(C)c(CC(C)C)c5)c4C[C@]3(C)C[C@]2(C)C(C(C)C)C1=O. The van der Waals surface area contributed by atoms with Crippen LogP contribution in [0.1, 0.15) is 77.1 Å². The molecule has 2 aromatic carbocycles. The summed E-state index contributed by atoms with van der Waals surface area (Å²) in [4.78, 5) is 40.8. The maximum atomic E-state index is 14.5. The van der Waals surface area contributed by atoms with Crippen molar-refractivity contribution in [1.82, 2.24) is 0 Å². The zero-order valence-electron chi connectivity index (χ0n) is 26.3. The van der Waals surface area contributed by atoms with Crippen LogP contribution in [0.15, 0.2) is 47.2 Å². The molecule has 228 valence electrons. The molecule has 4 N–H and O–H groups in total. The van der Waals surface area contributed by atoms with E-state index in [1.165, 1.54) is 17.2 Å². The lowest BCUT2D eigenvalue weighted by Crippen LogP contribution is -2.69. The molecule has 43 heavy (non-hydrogen) atoms. The largest absolute Gasteiger partial charge is 0.508 e. The van der Waals surface area contributed by atoms with E-state index in [9.17, 15) is 34.8 Å². The average Bonchev–Trinajstić information content (AvgIpc) is 2.87. The third-order valence-electron chi connectivity index (χ3n) is 10.2. The summed E-state index contributed by atoms with van der Waals surface area (Å²) >= 11 is 0. The Morgan fingerprint density at radius 1 is 1.02 bits per heavy atom. The van der Waals surface area contributed by atoms with Gasteiger partial charge in [-0.1, -0.05) is 65.8 Å². The summed E-state index contributed by atoms with van der Waals surface area (Å²) in [6, 6.07) is 9.51. The van der Waals surface area contributed by atoms with Crippen molar-refractivity contribution in [1.29, 1.82) is 0 Å². The van der Waals surface area contributed by atoms with Gasteiger partial charge in [0.2, 0.25) is 5.78 Å². The third-order valence-corrected chi connectivity index (χ3v) is 10.2. The van der Waals surface area contributed by atoms with Crippen molar-refractivity contribution >= 4 is 23.1 Å². The number of aromatic hydroxyl groups is 1. The van der Waals surface area contributed by atoms with E-state index in [2.05, 4.69) is 32.9 Å². The standard InChI is InChI=1S/C36H42O7/c1-17(2)13-22-14-21(10-9-19(22)5)23-11-12-25(38)27-24(23)15-34(7)16-35(8)28(18(3)4)30(39)26(20(6)37)32(41)36(35,43)33(42)29(34)31(27)40/h9-12,14,17-18,28,38,40-41,43H,13,15-16H2,1-8H3/t28?,34-,35-,36+/m1/s1. The molecule has 1 fully saturated rings. The highest BCUT2D eigenvalue weighted by molar-refractivity contribution is 6.24. The van der Waals surface area contributed by atoms with Gasteiger partial charge < -0.3 is 20.4 Å². The zero-order chi connectivity index (χ0) is 32.0. The van der Waals surface area contributed by atoms with Gasteiger partial charge in [-0.15, -0.1) is 0 Å². The summed E-state index contributed by atoms with van der Waals surface area (Å²) in [5.74, 6) is -4.79. The van der Waals surface area contributed by atoms with Crippen LogP contribution in [0.5, 0.6) is 5.75 Å². The molecular weight excluding hydrogens is 544 g/mol. The molecule has 0 radical (unpaired) electrons. The lowest BCUT2D eigenvalue weighted by Gasteiger charge is -2.59. The summed E-state index contributed by atoms with van der Waals surface area (Å²) in [5.41, 5.74) is -0.991. The van der Waals surface area contributed by atoms with E-state index in [0.717, 1.165) is 24.5 Å². The summed E-state index contributed by atoms with van der Waals surface area (Å²) in [6.45, 7) is 14.5. The molecule has 0 heterocycles. The van der Waals surface area contributed by atoms with E-state index in [1.807, 2.05) is 19.1 Å². The molecular formula is C36H42O7. The number of hydrogen-bond donors (Lipinski definition) is 4. The van der Waals surface area contributed by atoms with Gasteiger partial charge in [-0.2, -0.15) is 0 Å². The fourth-order valence-corrected chi connectivity index (χ4v) is 8.49. The van der Waals surface area contributed by atoms with Gasteiger partial charge in [-0.05, 0) is 78.8 Å². The molecule has 1 unspecified atom stereocenters. The number of phenolic OH excluding ortho intramolecular Hbond substituents is 1. The minimum absolute atomic E-state index is 0.0620. The summed E-state index contributed by atoms with van der Waals surface area (Å²) in [5, 5.41) is 46.4. The second-order valence-electron chi connectivity index (χ2n) is 14.2. The number of aliphatic hydroxyl groups excluding tert-OH is 2. The highest BCUT2D eigenvalue weighted by atomic mass is 16.3. The Balaban J connectivity index is 1.79. The number of hydrogen-bond acceptors (Lipinski definition) is 7. The quantitative estimate of drug-likeness (QED) is 0.300. The molecule has 5 rings (SSSR count). The fraction of sp³-hybridized carbons (Fsp3) is 0.472. The number of ketones is 3. The molecule has 0 spiro atoms. The van der Waals surface area contributed by atoms with Crippen molar-refractivity contribution in [2.45, 2.75) is 80.3 Å². The molecule has 1 saturated carbocycles. The number of aliphatic hydroxyl groups is 3. The van der Waals surface area contributed by atoms with E-state index >= 15 is 0 Å². The molecule has 0 aromatic heterocycles. The van der Waals surface area contributed by atoms with Crippen LogP contribution in [0, 0.1) is 35.5 Å². The Hall–Kier alpha value is -3.71. The molecule has 4 atom stereocenters. The molecule has 7 nitrogen and oxygen atoms in total. The first-order valence-corrected chi connectivity index (χ1v) is 15.1. The van der Waals surface area contributed by atoms with Gasteiger partial charge in [0, 0.05) is 22.3 Å². The van der Waals surface area contributed by atoms with E-state index in [1.54, 1.807) is 20.8 Å². The highest BCUT2D eigenvalue weighted by Gasteiger charge is 2.72. The van der Waals surface area contributed by atoms with Crippen molar-refractivity contribution in [3.05, 3.63) is 69.5 Å². The number of benzene rings is 2. The topological polar surface area (TPSA) is 132 Å². The first kappa shape index (κ1) is 30.7. The average molecular weight is 587 g/mol. The second kappa shape index (κ2) is 9.91. The lowest BCUT2D eigenvalue weighted by molar-refractivity contribution is -0.178. The van der Waals surface area contributed by atoms with Crippen molar-refractivity contribution < 1.29 is 34.8 Å². The molecule has 7 heteroatoms. The van der Waals surface area contributed by atoms with Crippen molar-refractivity contribution in [2.24, 2.45) is 28.6 Å². The van der Waals surface area contributed by atoms with Crippen LogP contribution in [-0.2, 0) is 27.2 Å². The van der Waals surface area contributed by atoms with Crippen molar-refractivity contribution in [3.8, 4) is 16.9 Å². The van der Waals surface area contributed by atoms with Gasteiger partial charge in [-0.3, -0.25) is 14.4 Å². The normalized spacial score (nSPS) is 28.8. The molecule has 3 aliphatic carbocycles. The van der Waals surface area contributed by atoms with E-state index in [-0.39, 0.29) is 35.6 Å². The first-order chi connectivity index (χ1) is 19.9. The number of phenols is 1. The third kappa shape index (κ3) is 4.15. The molecule has 3 aliphatic rings. The van der Waals surface area contributed by atoms with Gasteiger partial charge >= 0.3 is 0 Å². The molecule has 0 amide bonds. The molecule has 2 aromatic rings. The summed E-state index contributed by atoms with van der Waals surface area (Å²) in [6.07, 6.45) is 1.19. The molecule has 0 bridgehead atoms. The number of aryl methyl sites for hydroxylation is 1. The number of fused-ring (bicyclic) bond motifs is 3. The monoisotopic (exact) mass is 586 g/mol. The van der Waals surface area contributed by atoms with E-state index in [4.69, 9.17) is 0 Å². The van der Waals surface area contributed by atoms with Crippen LogP contribution >= 0.6 is 0 Å². The van der Waals surface area contributed by atoms with Gasteiger partial charge in [-0.25, -0.2) is 0 Å². The minimum atomic E-state index is -2.62. The Kier molecular flexibility index (Phi) is 7.09. The number of carbonyl (C=O) groups excluding carboxylic acids is 3. The molecule has 0 saturated heterocycles. The van der Waals surface area contributed by atoms with E-state index < -0.39 is 56.8 Å². The fourth-order valence-electron chi connectivity index (χ4n) is 8.49. The van der Waals surface area contributed by atoms with Gasteiger partial charge in [0.05, 0.1) is 5.56 Å². The Bertz CT molecular complexity index is 1660. The van der Waals surface area contributed by atoms with E-state index in [0.29, 0.717) is 11.5 Å². The Labute approximate surface area is 253 Å². The second-order valence-corrected chi connectivity index (χ2v) is 14.2. The van der Waals surface area contributed by atoms with Gasteiger partial charge in [0.15, 0.2) is 17.2 Å². The van der Waals surface area contributed by atoms with Crippen LogP contribution in [0.25, 0.3) is 16.9 Å². The van der Waals surface area contributed by atoms with Crippen LogP contribution < -0.4 is 0 Å². The zero-order valence-corrected chi connectivity index (χ0v) is 26.3. The predicted octanol–water partition coefficient (Wildman–Crippen LogP) is 6.36. The highest BCUT2D eigenvalue weighted by Crippen LogP contribution is 2.65. The minimum Gasteiger partial charge on any atom is -0.508 e. The van der Waals surface area contributed by atoms with Crippen LogP contribution in [-0.4, -0.2) is 43.4 Å². The predicted molar refractivity (Wildman–Crippen MR) is 165 cm³/mol. The Morgan fingerprint density at radius 2 is 1.67 bits per heavy atom. The van der Waals surface area contributed by atoms with Crippen LogP contribution in [0.2, 0.25) is 0 Å². The van der Waals surface area contributed by atoms with Crippen molar-refractivity contribution in [3.63, 3.8) is 0 Å². The smallest absolute Gasteiger partial charge is 0.203 e. The molecule has 0 aliphatic heterocycles. The van der Waals surface area contributed by atoms with Crippen LogP contribution in [0.4, 0.5) is 0 Å². The van der Waals surface area contributed by atoms with Gasteiger partial charge in [0.1, 0.15) is 22.8 Å². The maximum absolute atomic E-state index is 14.5. The maximum Gasteiger partial charge on any atom is 0.203 e. The lowest BCUT2D eigenvalue weighted by atomic mass is 9.43. The number of rotatable bonds is 5. The number of allylic oxidation sites excluding steroid dienone is 1. The first-order valence-electron chi connectivity index (χ1n) is 15.1. The van der Waals surface area contributed by atoms with Crippen molar-refractivity contribution in [2.75, 3.05) is 0 Å².